The summed E-state index contributed by atoms with van der Waals surface area (Å²) in [4.78, 5) is 0. The monoisotopic (exact) mass is 319 g/mol. The molecule has 0 spiro atoms. The normalized spacial score (nSPS) is 19.5. The summed E-state index contributed by atoms with van der Waals surface area (Å²) in [5.74, 6) is 1.62. The molecule has 1 atom stereocenters. The molecular weight excluding hydrogens is 310 g/mol. The first-order chi connectivity index (χ1) is 6.20. The predicted octanol–water partition coefficient (Wildman–Crippen LogP) is -2.86. The van der Waals surface area contributed by atoms with Gasteiger partial charge < -0.3 is 24.8 Å². The Labute approximate surface area is 118 Å². The summed E-state index contributed by atoms with van der Waals surface area (Å²) in [6, 6.07) is 3.97. The maximum atomic E-state index is 5.40. The second-order valence-electron chi connectivity index (χ2n) is 3.41. The van der Waals surface area contributed by atoms with Crippen LogP contribution >= 0.6 is 0 Å². The number of allylic oxidation sites excluding steroid dienone is 4. The molecule has 1 aliphatic carbocycles. The number of halogens is 2. The molecule has 15 heavy (non-hydrogen) atoms. The zero-order valence-electron chi connectivity index (χ0n) is 8.55. The summed E-state index contributed by atoms with van der Waals surface area (Å²) in [6.45, 7) is 4.44. The van der Waals surface area contributed by atoms with Crippen molar-refractivity contribution in [3.8, 4) is 0 Å². The summed E-state index contributed by atoms with van der Waals surface area (Å²) in [5.41, 5.74) is 2.74. The summed E-state index contributed by atoms with van der Waals surface area (Å²) in [6.07, 6.45) is 3.98. The summed E-state index contributed by atoms with van der Waals surface area (Å²) >= 11 is 1.49. The van der Waals surface area contributed by atoms with Crippen LogP contribution in [0.25, 0.3) is 5.57 Å². The predicted molar refractivity (Wildman–Crippen MR) is 48.5 cm³/mol. The molecule has 0 amide bonds. The second-order valence-corrected chi connectivity index (χ2v) is 4.74. The Hall–Kier alpha value is 0.223. The number of hydrogen-bond acceptors (Lipinski definition) is 1. The van der Waals surface area contributed by atoms with Crippen molar-refractivity contribution < 1.29 is 54.0 Å². The SMILES string of the molecule is CC1=CC(c2ccco2)=[C]([Zr+2])C1C.[Cl-].[Cl-]. The molecule has 4 heteroatoms. The van der Waals surface area contributed by atoms with Crippen LogP contribution in [0.4, 0.5) is 0 Å². The third-order valence-electron chi connectivity index (χ3n) is 2.56. The topological polar surface area (TPSA) is 13.1 Å². The Morgan fingerprint density at radius 3 is 2.40 bits per heavy atom. The van der Waals surface area contributed by atoms with Crippen molar-refractivity contribution >= 4 is 5.57 Å². The van der Waals surface area contributed by atoms with Crippen molar-refractivity contribution in [3.05, 3.63) is 39.1 Å². The van der Waals surface area contributed by atoms with E-state index in [1.54, 1.807) is 6.26 Å². The van der Waals surface area contributed by atoms with E-state index in [4.69, 9.17) is 4.42 Å². The molecule has 1 heterocycles. The molecule has 0 aromatic carbocycles. The quantitative estimate of drug-likeness (QED) is 0.543. The maximum absolute atomic E-state index is 5.40. The molecule has 0 saturated carbocycles. The first-order valence-electron chi connectivity index (χ1n) is 4.38. The Morgan fingerprint density at radius 1 is 1.33 bits per heavy atom. The molecule has 0 aliphatic heterocycles. The van der Waals surface area contributed by atoms with E-state index in [2.05, 4.69) is 19.9 Å². The smallest absolute Gasteiger partial charge is 1.00 e. The van der Waals surface area contributed by atoms with E-state index in [1.165, 1.54) is 39.1 Å². The second kappa shape index (κ2) is 6.08. The van der Waals surface area contributed by atoms with E-state index in [1.807, 2.05) is 12.1 Å². The summed E-state index contributed by atoms with van der Waals surface area (Å²) in [5, 5.41) is 0. The fraction of sp³-hybridized carbons (Fsp3) is 0.273. The van der Waals surface area contributed by atoms with E-state index in [0.29, 0.717) is 5.92 Å². The molecule has 2 rings (SSSR count). The van der Waals surface area contributed by atoms with Gasteiger partial charge in [-0.1, -0.05) is 0 Å². The van der Waals surface area contributed by atoms with Crippen molar-refractivity contribution in [2.45, 2.75) is 13.8 Å². The van der Waals surface area contributed by atoms with Gasteiger partial charge in [-0.25, -0.2) is 0 Å². The van der Waals surface area contributed by atoms with Crippen LogP contribution in [0.3, 0.4) is 0 Å². The van der Waals surface area contributed by atoms with Gasteiger partial charge in [0, 0.05) is 0 Å². The van der Waals surface area contributed by atoms with Gasteiger partial charge in [-0.15, -0.1) is 0 Å². The van der Waals surface area contributed by atoms with Crippen molar-refractivity contribution in [2.75, 3.05) is 0 Å². The van der Waals surface area contributed by atoms with Gasteiger partial charge in [0.2, 0.25) is 0 Å². The van der Waals surface area contributed by atoms with E-state index in [0.717, 1.165) is 5.76 Å². The van der Waals surface area contributed by atoms with E-state index < -0.39 is 0 Å². The Kier molecular flexibility index (Phi) is 6.17. The molecule has 0 fully saturated rings. The van der Waals surface area contributed by atoms with Crippen LogP contribution in [0.2, 0.25) is 0 Å². The first-order valence-corrected chi connectivity index (χ1v) is 5.61. The largest absolute Gasteiger partial charge is 1.00 e. The molecule has 0 N–H and O–H groups in total. The van der Waals surface area contributed by atoms with Crippen LogP contribution in [0.5, 0.6) is 0 Å². The number of furan rings is 1. The van der Waals surface area contributed by atoms with Gasteiger partial charge in [0.25, 0.3) is 0 Å². The fourth-order valence-corrected chi connectivity index (χ4v) is 2.57. The minimum atomic E-state index is 0. The van der Waals surface area contributed by atoms with Crippen molar-refractivity contribution in [1.82, 2.24) is 0 Å². The number of hydrogen-bond donors (Lipinski definition) is 0. The van der Waals surface area contributed by atoms with Gasteiger partial charge in [-0.05, 0) is 0 Å². The average Bonchev–Trinajstić information content (AvgIpc) is 2.70. The molecule has 1 aliphatic rings. The van der Waals surface area contributed by atoms with Crippen LogP contribution < -0.4 is 24.8 Å². The molecule has 1 aromatic heterocycles. The summed E-state index contributed by atoms with van der Waals surface area (Å²) < 4.78 is 6.90. The van der Waals surface area contributed by atoms with Gasteiger partial charge in [-0.3, -0.25) is 0 Å². The van der Waals surface area contributed by atoms with Crippen LogP contribution in [0.15, 0.2) is 37.7 Å². The molecule has 1 unspecified atom stereocenters. The minimum absolute atomic E-state index is 0. The Morgan fingerprint density at radius 2 is 2.00 bits per heavy atom. The molecule has 1 nitrogen and oxygen atoms in total. The van der Waals surface area contributed by atoms with Crippen LogP contribution in [0.1, 0.15) is 19.6 Å². The molecule has 79 valence electrons. The van der Waals surface area contributed by atoms with E-state index in [9.17, 15) is 0 Å². The minimum Gasteiger partial charge on any atom is -1.00 e. The Bertz CT molecular complexity index is 379. The van der Waals surface area contributed by atoms with Gasteiger partial charge in [-0.2, -0.15) is 0 Å². The third kappa shape index (κ3) is 2.87. The van der Waals surface area contributed by atoms with Gasteiger partial charge in [0.15, 0.2) is 0 Å². The molecular formula is C11H11Cl2OZr. The Balaban J connectivity index is 0.000000980. The van der Waals surface area contributed by atoms with Crippen LogP contribution in [-0.4, -0.2) is 0 Å². The van der Waals surface area contributed by atoms with E-state index in [-0.39, 0.29) is 24.8 Å². The van der Waals surface area contributed by atoms with Crippen LogP contribution in [0, 0.1) is 5.92 Å². The number of rotatable bonds is 1. The maximum Gasteiger partial charge on any atom is -1.00 e. The van der Waals surface area contributed by atoms with Gasteiger partial charge in [0.1, 0.15) is 0 Å². The van der Waals surface area contributed by atoms with E-state index >= 15 is 0 Å². The van der Waals surface area contributed by atoms with Crippen molar-refractivity contribution in [1.29, 1.82) is 0 Å². The fourth-order valence-electron chi connectivity index (χ4n) is 1.53. The first kappa shape index (κ1) is 15.2. The van der Waals surface area contributed by atoms with Crippen LogP contribution in [-0.2, 0) is 24.7 Å². The molecule has 1 aromatic rings. The van der Waals surface area contributed by atoms with Crippen molar-refractivity contribution in [3.63, 3.8) is 0 Å². The summed E-state index contributed by atoms with van der Waals surface area (Å²) in [7, 11) is 0. The van der Waals surface area contributed by atoms with Gasteiger partial charge >= 0.3 is 93.6 Å². The molecule has 0 saturated heterocycles. The third-order valence-corrected chi connectivity index (χ3v) is 4.29. The standard InChI is InChI=1S/C11H11O.2ClH.Zr/c1-8-6-10(7-9(8)2)11-4-3-5-12-11;;;/h3-6,9H,1-2H3;2*1H;/q;;;+2/p-2. The van der Waals surface area contributed by atoms with Crippen molar-refractivity contribution in [2.24, 2.45) is 5.92 Å². The van der Waals surface area contributed by atoms with Gasteiger partial charge in [0.05, 0.1) is 0 Å². The zero-order valence-corrected chi connectivity index (χ0v) is 12.5. The average molecular weight is 321 g/mol. The molecule has 0 radical (unpaired) electrons. The zero-order chi connectivity index (χ0) is 9.42. The molecule has 0 bridgehead atoms.